The predicted octanol–water partition coefficient (Wildman–Crippen LogP) is 5.83. The van der Waals surface area contributed by atoms with Crippen LogP contribution in [-0.2, 0) is 6.18 Å². The van der Waals surface area contributed by atoms with Crippen LogP contribution < -0.4 is 0 Å². The summed E-state index contributed by atoms with van der Waals surface area (Å²) in [6.07, 6.45) is -1.67. The Morgan fingerprint density at radius 3 is 2.56 bits per heavy atom. The summed E-state index contributed by atoms with van der Waals surface area (Å²) in [6.45, 7) is 1.72. The minimum absolute atomic E-state index is 0.0794. The Balaban J connectivity index is 1.82. The highest BCUT2D eigenvalue weighted by Gasteiger charge is 2.38. The lowest BCUT2D eigenvalue weighted by Crippen LogP contribution is -2.08. The maximum absolute atomic E-state index is 14.1. The minimum atomic E-state index is -4.69. The van der Waals surface area contributed by atoms with Crippen LogP contribution in [0, 0.1) is 18.3 Å². The Bertz CT molecular complexity index is 1540. The van der Waals surface area contributed by atoms with Crippen LogP contribution in [0.25, 0.3) is 38.8 Å². The molecule has 0 saturated carbocycles. The second kappa shape index (κ2) is 7.17. The summed E-state index contributed by atoms with van der Waals surface area (Å²) in [5.74, 6) is 0. The number of hydrogen-bond donors (Lipinski definition) is 0. The number of alkyl halides is 3. The van der Waals surface area contributed by atoms with E-state index in [2.05, 4.69) is 15.1 Å². The molecule has 2 aromatic carbocycles. The lowest BCUT2D eigenvalue weighted by molar-refractivity contribution is -0.140. The molecular formula is C24H14F3N5. The van der Waals surface area contributed by atoms with Gasteiger partial charge in [0.25, 0.3) is 0 Å². The first kappa shape index (κ1) is 19.7. The van der Waals surface area contributed by atoms with Gasteiger partial charge in [-0.05, 0) is 54.4 Å². The van der Waals surface area contributed by atoms with Gasteiger partial charge in [0.15, 0.2) is 11.3 Å². The average Bonchev–Trinajstić information content (AvgIpc) is 3.19. The zero-order chi connectivity index (χ0) is 22.5. The molecular weight excluding hydrogens is 415 g/mol. The van der Waals surface area contributed by atoms with Crippen LogP contribution in [0.4, 0.5) is 13.2 Å². The zero-order valence-corrected chi connectivity index (χ0v) is 16.7. The van der Waals surface area contributed by atoms with E-state index in [1.807, 2.05) is 36.4 Å². The first-order chi connectivity index (χ1) is 15.4. The smallest absolute Gasteiger partial charge is 0.256 e. The van der Waals surface area contributed by atoms with E-state index >= 15 is 0 Å². The standard InChI is InChI=1S/C24H14F3N5/c1-14-10-15(12-28)6-7-20(14)32-23-21(22(31-32)24(25,26)27)18(8-9-29-23)17-11-16-4-2-3-5-19(16)30-13-17/h2-11,13H,1H3. The lowest BCUT2D eigenvalue weighted by atomic mass is 10.0. The van der Waals surface area contributed by atoms with E-state index in [0.717, 1.165) is 10.9 Å². The van der Waals surface area contributed by atoms with Crippen molar-refractivity contribution in [2.24, 2.45) is 0 Å². The van der Waals surface area contributed by atoms with Crippen LogP contribution in [-0.4, -0.2) is 19.7 Å². The first-order valence-electron chi connectivity index (χ1n) is 9.68. The van der Waals surface area contributed by atoms with E-state index in [1.165, 1.54) is 10.9 Å². The molecule has 0 spiro atoms. The molecule has 5 nitrogen and oxygen atoms in total. The molecule has 0 unspecified atom stereocenters. The summed E-state index contributed by atoms with van der Waals surface area (Å²) in [6, 6.07) is 17.5. The average molecular weight is 429 g/mol. The van der Waals surface area contributed by atoms with Crippen molar-refractivity contribution < 1.29 is 13.2 Å². The molecule has 0 fully saturated rings. The van der Waals surface area contributed by atoms with E-state index in [4.69, 9.17) is 5.26 Å². The molecule has 5 rings (SSSR count). The van der Waals surface area contributed by atoms with E-state index in [9.17, 15) is 13.2 Å². The monoisotopic (exact) mass is 429 g/mol. The first-order valence-corrected chi connectivity index (χ1v) is 9.68. The van der Waals surface area contributed by atoms with Crippen molar-refractivity contribution in [3.63, 3.8) is 0 Å². The predicted molar refractivity (Wildman–Crippen MR) is 114 cm³/mol. The van der Waals surface area contributed by atoms with Gasteiger partial charge >= 0.3 is 6.18 Å². The zero-order valence-electron chi connectivity index (χ0n) is 16.7. The van der Waals surface area contributed by atoms with Gasteiger partial charge in [-0.1, -0.05) is 18.2 Å². The highest BCUT2D eigenvalue weighted by molar-refractivity contribution is 5.97. The van der Waals surface area contributed by atoms with Crippen LogP contribution in [0.1, 0.15) is 16.8 Å². The molecule has 0 amide bonds. The molecule has 3 heterocycles. The van der Waals surface area contributed by atoms with Gasteiger partial charge < -0.3 is 0 Å². The van der Waals surface area contributed by atoms with Crippen molar-refractivity contribution in [3.8, 4) is 22.9 Å². The second-order valence-corrected chi connectivity index (χ2v) is 7.35. The summed E-state index contributed by atoms with van der Waals surface area (Å²) in [7, 11) is 0. The Hall–Kier alpha value is -4.25. The topological polar surface area (TPSA) is 67.4 Å². The van der Waals surface area contributed by atoms with E-state index in [0.29, 0.717) is 27.9 Å². The highest BCUT2D eigenvalue weighted by Crippen LogP contribution is 2.39. The molecule has 0 aliphatic heterocycles. The van der Waals surface area contributed by atoms with Crippen LogP contribution in [0.5, 0.6) is 0 Å². The number of nitrogens with zero attached hydrogens (tertiary/aromatic N) is 5. The van der Waals surface area contributed by atoms with Gasteiger partial charge in [-0.25, -0.2) is 9.67 Å². The van der Waals surface area contributed by atoms with Gasteiger partial charge in [-0.15, -0.1) is 0 Å². The molecule has 0 atom stereocenters. The molecule has 5 aromatic rings. The molecule has 32 heavy (non-hydrogen) atoms. The Labute approximate surface area is 180 Å². The Kier molecular flexibility index (Phi) is 4.41. The molecule has 0 bridgehead atoms. The fraction of sp³-hybridized carbons (Fsp3) is 0.0833. The van der Waals surface area contributed by atoms with E-state index < -0.39 is 11.9 Å². The fourth-order valence-corrected chi connectivity index (χ4v) is 3.83. The van der Waals surface area contributed by atoms with E-state index in [-0.39, 0.29) is 11.0 Å². The summed E-state index contributed by atoms with van der Waals surface area (Å²) in [5.41, 5.74) is 2.14. The normalized spacial score (nSPS) is 11.7. The third kappa shape index (κ3) is 3.15. The third-order valence-electron chi connectivity index (χ3n) is 5.29. The van der Waals surface area contributed by atoms with Gasteiger partial charge in [-0.3, -0.25) is 4.98 Å². The van der Waals surface area contributed by atoms with Crippen LogP contribution in [0.2, 0.25) is 0 Å². The van der Waals surface area contributed by atoms with Crippen molar-refractivity contribution in [3.05, 3.63) is 83.8 Å². The molecule has 3 aromatic heterocycles. The quantitative estimate of drug-likeness (QED) is 0.354. The highest BCUT2D eigenvalue weighted by atomic mass is 19.4. The van der Waals surface area contributed by atoms with Gasteiger partial charge in [0.1, 0.15) is 0 Å². The number of rotatable bonds is 2. The summed E-state index contributed by atoms with van der Waals surface area (Å²) >= 11 is 0. The molecule has 0 saturated heterocycles. The summed E-state index contributed by atoms with van der Waals surface area (Å²) in [4.78, 5) is 8.63. The van der Waals surface area contributed by atoms with Gasteiger partial charge in [0.05, 0.1) is 28.2 Å². The maximum Gasteiger partial charge on any atom is 0.435 e. The molecule has 0 aliphatic carbocycles. The fourth-order valence-electron chi connectivity index (χ4n) is 3.83. The third-order valence-corrected chi connectivity index (χ3v) is 5.29. The Morgan fingerprint density at radius 2 is 1.81 bits per heavy atom. The van der Waals surface area contributed by atoms with Crippen LogP contribution >= 0.6 is 0 Å². The van der Waals surface area contributed by atoms with Gasteiger partial charge in [-0.2, -0.15) is 23.5 Å². The number of fused-ring (bicyclic) bond motifs is 2. The van der Waals surface area contributed by atoms with Crippen LogP contribution in [0.15, 0.2) is 67.0 Å². The molecule has 0 N–H and O–H groups in total. The van der Waals surface area contributed by atoms with Gasteiger partial charge in [0, 0.05) is 23.3 Å². The molecule has 156 valence electrons. The molecule has 8 heteroatoms. The molecule has 0 radical (unpaired) electrons. The number of hydrogen-bond acceptors (Lipinski definition) is 4. The number of aromatic nitrogens is 4. The second-order valence-electron chi connectivity index (χ2n) is 7.35. The van der Waals surface area contributed by atoms with Crippen molar-refractivity contribution in [1.29, 1.82) is 5.26 Å². The Morgan fingerprint density at radius 1 is 1.00 bits per heavy atom. The number of benzene rings is 2. The van der Waals surface area contributed by atoms with Crippen molar-refractivity contribution in [1.82, 2.24) is 19.7 Å². The number of para-hydroxylation sites is 1. The molecule has 0 aliphatic rings. The van der Waals surface area contributed by atoms with E-state index in [1.54, 1.807) is 37.4 Å². The largest absolute Gasteiger partial charge is 0.435 e. The lowest BCUT2D eigenvalue weighted by Gasteiger charge is -2.08. The summed E-state index contributed by atoms with van der Waals surface area (Å²) < 4.78 is 43.3. The SMILES string of the molecule is Cc1cc(C#N)ccc1-n1nc(C(F)(F)F)c2c(-c3cnc4ccccc4c3)ccnc21. The number of nitriles is 1. The minimum Gasteiger partial charge on any atom is -0.256 e. The summed E-state index contributed by atoms with van der Waals surface area (Å²) in [5, 5.41) is 13.7. The van der Waals surface area contributed by atoms with Crippen LogP contribution in [0.3, 0.4) is 0 Å². The van der Waals surface area contributed by atoms with Crippen molar-refractivity contribution in [2.75, 3.05) is 0 Å². The number of pyridine rings is 2. The van der Waals surface area contributed by atoms with Crippen molar-refractivity contribution in [2.45, 2.75) is 13.1 Å². The number of aryl methyl sites for hydroxylation is 1. The maximum atomic E-state index is 14.1. The number of halogens is 3. The van der Waals surface area contributed by atoms with Gasteiger partial charge in [0.2, 0.25) is 0 Å². The van der Waals surface area contributed by atoms with Crippen molar-refractivity contribution >= 4 is 21.9 Å².